The molecule has 0 radical (unpaired) electrons. The molecule has 5 heteroatoms. The lowest BCUT2D eigenvalue weighted by molar-refractivity contribution is 0.0697. The molecule has 0 aliphatic carbocycles. The van der Waals surface area contributed by atoms with Crippen LogP contribution in [0.1, 0.15) is 22.8 Å². The second-order valence-corrected chi connectivity index (χ2v) is 4.56. The summed E-state index contributed by atoms with van der Waals surface area (Å²) in [7, 11) is 1.57. The molecule has 21 heavy (non-hydrogen) atoms. The molecule has 0 atom stereocenters. The summed E-state index contributed by atoms with van der Waals surface area (Å²) in [6, 6.07) is 8.83. The smallest absolute Gasteiger partial charge is 0.337 e. The first-order valence-electron chi connectivity index (χ1n) is 6.71. The molecule has 0 saturated carbocycles. The van der Waals surface area contributed by atoms with Gasteiger partial charge in [0.05, 0.1) is 18.4 Å². The number of nitrogens with zero attached hydrogens (tertiary/aromatic N) is 2. The maximum Gasteiger partial charge on any atom is 0.337 e. The number of carbonyl (C=O) groups is 1. The molecular formula is C16H18N2O3. The monoisotopic (exact) mass is 286 g/mol. The van der Waals surface area contributed by atoms with Crippen LogP contribution in [0.3, 0.4) is 0 Å². The van der Waals surface area contributed by atoms with Gasteiger partial charge in [0, 0.05) is 31.5 Å². The van der Waals surface area contributed by atoms with Crippen LogP contribution in [0, 0.1) is 0 Å². The molecule has 2 rings (SSSR count). The van der Waals surface area contributed by atoms with Crippen LogP contribution in [0.4, 0.5) is 5.69 Å². The van der Waals surface area contributed by atoms with E-state index in [1.54, 1.807) is 37.7 Å². The zero-order valence-corrected chi connectivity index (χ0v) is 12.1. The first-order valence-corrected chi connectivity index (χ1v) is 6.71. The Kier molecular flexibility index (Phi) is 4.77. The highest BCUT2D eigenvalue weighted by molar-refractivity contribution is 5.94. The van der Waals surface area contributed by atoms with E-state index in [1.807, 2.05) is 24.0 Å². The molecule has 1 heterocycles. The normalized spacial score (nSPS) is 10.2. The summed E-state index contributed by atoms with van der Waals surface area (Å²) in [5, 5.41) is 9.36. The van der Waals surface area contributed by atoms with Crippen LogP contribution < -0.4 is 9.64 Å². The molecule has 110 valence electrons. The number of hydrogen-bond acceptors (Lipinski definition) is 4. The molecule has 1 aromatic carbocycles. The van der Waals surface area contributed by atoms with Crippen molar-refractivity contribution in [3.8, 4) is 5.75 Å². The quantitative estimate of drug-likeness (QED) is 0.884. The molecule has 1 aromatic heterocycles. The Hall–Kier alpha value is -2.56. The van der Waals surface area contributed by atoms with Gasteiger partial charge < -0.3 is 14.7 Å². The molecule has 0 bridgehead atoms. The maximum absolute atomic E-state index is 11.4. The largest absolute Gasteiger partial charge is 0.497 e. The fourth-order valence-electron chi connectivity index (χ4n) is 2.16. The van der Waals surface area contributed by atoms with Crippen LogP contribution in [0.2, 0.25) is 0 Å². The number of methoxy groups -OCH3 is 1. The summed E-state index contributed by atoms with van der Waals surface area (Å²) >= 11 is 0. The minimum atomic E-state index is -0.944. The minimum absolute atomic E-state index is 0.270. The number of carboxylic acids is 1. The van der Waals surface area contributed by atoms with Gasteiger partial charge in [-0.05, 0) is 36.8 Å². The Morgan fingerprint density at radius 2 is 2.00 bits per heavy atom. The van der Waals surface area contributed by atoms with E-state index in [1.165, 1.54) is 0 Å². The van der Waals surface area contributed by atoms with Crippen LogP contribution in [0.25, 0.3) is 0 Å². The minimum Gasteiger partial charge on any atom is -0.497 e. The van der Waals surface area contributed by atoms with E-state index in [0.29, 0.717) is 24.5 Å². The maximum atomic E-state index is 11.4. The van der Waals surface area contributed by atoms with E-state index in [0.717, 1.165) is 5.56 Å². The summed E-state index contributed by atoms with van der Waals surface area (Å²) in [5.74, 6) is -0.302. The van der Waals surface area contributed by atoms with Crippen molar-refractivity contribution in [1.29, 1.82) is 0 Å². The van der Waals surface area contributed by atoms with Crippen LogP contribution >= 0.6 is 0 Å². The average Bonchev–Trinajstić information content (AvgIpc) is 2.52. The zero-order valence-electron chi connectivity index (χ0n) is 12.1. The lowest BCUT2D eigenvalue weighted by Crippen LogP contribution is -2.24. The summed E-state index contributed by atoms with van der Waals surface area (Å²) in [6.45, 7) is 3.30. The third kappa shape index (κ3) is 3.51. The van der Waals surface area contributed by atoms with Gasteiger partial charge in [-0.1, -0.05) is 0 Å². The number of rotatable bonds is 6. The Morgan fingerprint density at radius 1 is 1.29 bits per heavy atom. The van der Waals surface area contributed by atoms with Gasteiger partial charge in [-0.3, -0.25) is 4.98 Å². The van der Waals surface area contributed by atoms with E-state index < -0.39 is 5.97 Å². The van der Waals surface area contributed by atoms with Crippen molar-refractivity contribution in [3.05, 3.63) is 53.9 Å². The number of hydrogen-bond donors (Lipinski definition) is 1. The standard InChI is InChI=1S/C16H18N2O3/c1-3-18(11-12-6-8-17-9-7-12)15-10-13(21-2)4-5-14(15)16(19)20/h4-10H,3,11H2,1-2H3,(H,19,20). The van der Waals surface area contributed by atoms with Crippen molar-refractivity contribution in [3.63, 3.8) is 0 Å². The molecule has 0 aliphatic heterocycles. The first-order chi connectivity index (χ1) is 10.2. The number of carboxylic acid groups (broad SMARTS) is 1. The molecule has 0 amide bonds. The third-order valence-corrected chi connectivity index (χ3v) is 3.28. The van der Waals surface area contributed by atoms with Gasteiger partial charge in [0.2, 0.25) is 0 Å². The molecule has 0 aliphatic rings. The predicted molar refractivity (Wildman–Crippen MR) is 80.9 cm³/mol. The van der Waals surface area contributed by atoms with Crippen molar-refractivity contribution in [2.45, 2.75) is 13.5 Å². The van der Waals surface area contributed by atoms with Crippen LogP contribution in [-0.4, -0.2) is 29.7 Å². The van der Waals surface area contributed by atoms with Gasteiger partial charge >= 0.3 is 5.97 Å². The summed E-state index contributed by atoms with van der Waals surface area (Å²) in [5.41, 5.74) is 2.00. The number of aromatic nitrogens is 1. The Labute approximate surface area is 123 Å². The Balaban J connectivity index is 2.38. The van der Waals surface area contributed by atoms with Crippen LogP contribution in [0.15, 0.2) is 42.7 Å². The number of ether oxygens (including phenoxy) is 1. The topological polar surface area (TPSA) is 62.7 Å². The molecule has 2 aromatic rings. The van der Waals surface area contributed by atoms with Crippen LogP contribution in [0.5, 0.6) is 5.75 Å². The zero-order chi connectivity index (χ0) is 15.2. The van der Waals surface area contributed by atoms with Gasteiger partial charge in [-0.2, -0.15) is 0 Å². The first kappa shape index (κ1) is 14.8. The van der Waals surface area contributed by atoms with E-state index in [-0.39, 0.29) is 5.56 Å². The highest BCUT2D eigenvalue weighted by atomic mass is 16.5. The van der Waals surface area contributed by atoms with Gasteiger partial charge in [-0.15, -0.1) is 0 Å². The van der Waals surface area contributed by atoms with Gasteiger partial charge in [0.1, 0.15) is 5.75 Å². The lowest BCUT2D eigenvalue weighted by Gasteiger charge is -2.25. The summed E-state index contributed by atoms with van der Waals surface area (Å²) in [6.07, 6.45) is 3.46. The molecule has 0 spiro atoms. The van der Waals surface area contributed by atoms with Crippen molar-refractivity contribution < 1.29 is 14.6 Å². The third-order valence-electron chi connectivity index (χ3n) is 3.28. The van der Waals surface area contributed by atoms with E-state index in [9.17, 15) is 9.90 Å². The molecule has 5 nitrogen and oxygen atoms in total. The molecule has 0 saturated heterocycles. The number of pyridine rings is 1. The Morgan fingerprint density at radius 3 is 2.57 bits per heavy atom. The highest BCUT2D eigenvalue weighted by Gasteiger charge is 2.16. The van der Waals surface area contributed by atoms with E-state index >= 15 is 0 Å². The van der Waals surface area contributed by atoms with Crippen molar-refractivity contribution in [2.24, 2.45) is 0 Å². The predicted octanol–water partition coefficient (Wildman–Crippen LogP) is 2.81. The summed E-state index contributed by atoms with van der Waals surface area (Å²) in [4.78, 5) is 17.4. The number of aromatic carboxylic acids is 1. The summed E-state index contributed by atoms with van der Waals surface area (Å²) < 4.78 is 5.20. The fourth-order valence-corrected chi connectivity index (χ4v) is 2.16. The van der Waals surface area contributed by atoms with Crippen molar-refractivity contribution >= 4 is 11.7 Å². The molecule has 0 fully saturated rings. The second-order valence-electron chi connectivity index (χ2n) is 4.56. The van der Waals surface area contributed by atoms with E-state index in [2.05, 4.69) is 4.98 Å². The van der Waals surface area contributed by atoms with Gasteiger partial charge in [0.15, 0.2) is 0 Å². The van der Waals surface area contributed by atoms with Crippen LogP contribution in [-0.2, 0) is 6.54 Å². The van der Waals surface area contributed by atoms with E-state index in [4.69, 9.17) is 4.74 Å². The molecule has 1 N–H and O–H groups in total. The Bertz CT molecular complexity index is 614. The van der Waals surface area contributed by atoms with Gasteiger partial charge in [0.25, 0.3) is 0 Å². The average molecular weight is 286 g/mol. The van der Waals surface area contributed by atoms with Crippen molar-refractivity contribution in [1.82, 2.24) is 4.98 Å². The number of anilines is 1. The fraction of sp³-hybridized carbons (Fsp3) is 0.250. The number of benzene rings is 1. The second kappa shape index (κ2) is 6.74. The van der Waals surface area contributed by atoms with Gasteiger partial charge in [-0.25, -0.2) is 4.79 Å². The lowest BCUT2D eigenvalue weighted by atomic mass is 10.1. The highest BCUT2D eigenvalue weighted by Crippen LogP contribution is 2.27. The molecule has 0 unspecified atom stereocenters. The van der Waals surface area contributed by atoms with Crippen molar-refractivity contribution in [2.75, 3.05) is 18.6 Å². The SMILES string of the molecule is CCN(Cc1ccncc1)c1cc(OC)ccc1C(=O)O. The molecular weight excluding hydrogens is 268 g/mol.